The van der Waals surface area contributed by atoms with Gasteiger partial charge in [0, 0.05) is 5.57 Å². The van der Waals surface area contributed by atoms with E-state index in [1.54, 1.807) is 6.92 Å². The molecule has 5 N–H and O–H groups in total. The van der Waals surface area contributed by atoms with Gasteiger partial charge in [-0.15, -0.1) is 0 Å². The van der Waals surface area contributed by atoms with E-state index in [4.69, 9.17) is 5.73 Å². The summed E-state index contributed by atoms with van der Waals surface area (Å²) in [5, 5.41) is 0. The fourth-order valence-corrected chi connectivity index (χ4v) is 0.407. The highest BCUT2D eigenvalue weighted by Gasteiger charge is 1.91. The fraction of sp³-hybridized carbons (Fsp3) is 0.667. The molecule has 0 aliphatic rings. The van der Waals surface area contributed by atoms with Crippen molar-refractivity contribution in [1.82, 2.24) is 11.1 Å². The number of hydrogen-bond acceptors (Lipinski definition) is 3. The van der Waals surface area contributed by atoms with Gasteiger partial charge in [0.05, 0.1) is 0 Å². The normalized spacial score (nSPS) is 9.85. The van der Waals surface area contributed by atoms with Crippen LogP contribution in [-0.2, 0) is 4.79 Å². The smallest absolute Gasteiger partial charge is 0.244 e. The van der Waals surface area contributed by atoms with Crippen molar-refractivity contribution in [3.63, 3.8) is 0 Å². The minimum Gasteiger partial charge on any atom is -0.366 e. The van der Waals surface area contributed by atoms with E-state index in [9.17, 15) is 4.79 Å². The van der Waals surface area contributed by atoms with Crippen LogP contribution in [-0.4, -0.2) is 32.0 Å². The summed E-state index contributed by atoms with van der Waals surface area (Å²) in [6.45, 7) is 3.68. The number of carbonyl (C=O) groups is 1. The van der Waals surface area contributed by atoms with Crippen LogP contribution in [0.1, 0.15) is 20.3 Å². The van der Waals surface area contributed by atoms with Gasteiger partial charge < -0.3 is 16.8 Å². The molecule has 0 radical (unpaired) electrons. The van der Waals surface area contributed by atoms with Crippen molar-refractivity contribution in [2.24, 2.45) is 5.73 Å². The fourth-order valence-electron chi connectivity index (χ4n) is 0.407. The lowest BCUT2D eigenvalue weighted by Crippen LogP contribution is -2.11. The van der Waals surface area contributed by atoms with Gasteiger partial charge in [-0.25, -0.2) is 0 Å². The molecule has 0 saturated heterocycles. The molecule has 0 spiro atoms. The van der Waals surface area contributed by atoms with Crippen molar-refractivity contribution in [3.8, 4) is 0 Å². The number of carbonyl (C=O) groups excluding carboxylic acids is 1. The first kappa shape index (κ1) is 18.0. The van der Waals surface area contributed by atoms with Crippen LogP contribution in [0.4, 0.5) is 0 Å². The first-order chi connectivity index (χ1) is 5.41. The van der Waals surface area contributed by atoms with E-state index in [1.807, 2.05) is 39.0 Å². The maximum absolute atomic E-state index is 10.2. The Morgan fingerprint density at radius 2 is 1.69 bits per heavy atom. The summed E-state index contributed by atoms with van der Waals surface area (Å²) in [6.07, 6.45) is 2.68. The summed E-state index contributed by atoms with van der Waals surface area (Å²) in [7, 11) is 6.00. The summed E-state index contributed by atoms with van der Waals surface area (Å²) in [5.41, 5.74) is 5.56. The highest BCUT2D eigenvalue weighted by molar-refractivity contribution is 5.91. The van der Waals surface area contributed by atoms with Gasteiger partial charge in [0.25, 0.3) is 0 Å². The van der Waals surface area contributed by atoms with E-state index >= 15 is 0 Å². The molecular weight excluding hydrogens is 166 g/mol. The Balaban J connectivity index is -0.000000173. The molecule has 4 heteroatoms. The maximum Gasteiger partial charge on any atom is 0.244 e. The van der Waals surface area contributed by atoms with Crippen LogP contribution in [0.25, 0.3) is 0 Å². The largest absolute Gasteiger partial charge is 0.366 e. The van der Waals surface area contributed by atoms with Crippen LogP contribution in [0.5, 0.6) is 0 Å². The monoisotopic (exact) mass is 189 g/mol. The van der Waals surface area contributed by atoms with Gasteiger partial charge in [0.15, 0.2) is 0 Å². The number of primary amides is 1. The summed E-state index contributed by atoms with van der Waals surface area (Å²) in [5.74, 6) is -0.327. The molecule has 0 aromatic heterocycles. The first-order valence-electron chi connectivity index (χ1n) is 3.99. The summed E-state index contributed by atoms with van der Waals surface area (Å²) in [4.78, 5) is 12.2. The van der Waals surface area contributed by atoms with Gasteiger partial charge in [-0.05, 0) is 34.5 Å². The number of nitrogens with two attached hydrogens (primary N) is 1. The second-order valence-corrected chi connectivity index (χ2v) is 3.00. The molecule has 13 heavy (non-hydrogen) atoms. The van der Waals surface area contributed by atoms with Crippen molar-refractivity contribution in [2.75, 3.05) is 21.1 Å². The third-order valence-electron chi connectivity index (χ3n) is 0.899. The van der Waals surface area contributed by atoms with E-state index in [2.05, 4.69) is 0 Å². The van der Waals surface area contributed by atoms with Crippen molar-refractivity contribution in [1.29, 1.82) is 0 Å². The molecule has 0 heterocycles. The van der Waals surface area contributed by atoms with E-state index in [-0.39, 0.29) is 12.1 Å². The second-order valence-electron chi connectivity index (χ2n) is 3.00. The van der Waals surface area contributed by atoms with Crippen LogP contribution >= 0.6 is 0 Å². The molecule has 0 fully saturated rings. The molecule has 0 aromatic rings. The summed E-state index contributed by atoms with van der Waals surface area (Å²) < 4.78 is 0. The zero-order valence-corrected chi connectivity index (χ0v) is 9.42. The van der Waals surface area contributed by atoms with E-state index in [0.29, 0.717) is 5.57 Å². The number of amides is 1. The Labute approximate surface area is 81.4 Å². The molecule has 0 rings (SSSR count). The zero-order valence-electron chi connectivity index (χ0n) is 9.42. The SMILES string of the molecule is CCC=C(C)C(N)=O.CN(C)C.N. The molecule has 4 nitrogen and oxygen atoms in total. The van der Waals surface area contributed by atoms with Crippen molar-refractivity contribution in [3.05, 3.63) is 11.6 Å². The third-order valence-corrected chi connectivity index (χ3v) is 0.899. The van der Waals surface area contributed by atoms with Gasteiger partial charge in [0.2, 0.25) is 5.91 Å². The molecule has 80 valence electrons. The van der Waals surface area contributed by atoms with Crippen molar-refractivity contribution in [2.45, 2.75) is 20.3 Å². The minimum atomic E-state index is -0.327. The van der Waals surface area contributed by atoms with Gasteiger partial charge in [-0.1, -0.05) is 13.0 Å². The number of hydrogen-bond donors (Lipinski definition) is 2. The van der Waals surface area contributed by atoms with E-state index < -0.39 is 0 Å². The Morgan fingerprint density at radius 1 is 1.38 bits per heavy atom. The minimum absolute atomic E-state index is 0. The molecule has 0 aliphatic heterocycles. The number of nitrogens with zero attached hydrogens (tertiary/aromatic N) is 1. The van der Waals surface area contributed by atoms with Crippen LogP contribution < -0.4 is 11.9 Å². The Morgan fingerprint density at radius 3 is 1.77 bits per heavy atom. The molecular formula is C9H23N3O. The highest BCUT2D eigenvalue weighted by atomic mass is 16.1. The van der Waals surface area contributed by atoms with Gasteiger partial charge in [0.1, 0.15) is 0 Å². The average molecular weight is 189 g/mol. The van der Waals surface area contributed by atoms with Crippen LogP contribution in [0.15, 0.2) is 11.6 Å². The lowest BCUT2D eigenvalue weighted by Gasteiger charge is -1.90. The maximum atomic E-state index is 10.2. The topological polar surface area (TPSA) is 81.3 Å². The van der Waals surface area contributed by atoms with Gasteiger partial charge in [-0.3, -0.25) is 4.79 Å². The number of allylic oxidation sites excluding steroid dienone is 1. The molecule has 0 aromatic carbocycles. The zero-order chi connectivity index (χ0) is 10.1. The summed E-state index contributed by atoms with van der Waals surface area (Å²) >= 11 is 0. The van der Waals surface area contributed by atoms with Crippen LogP contribution in [0, 0.1) is 0 Å². The van der Waals surface area contributed by atoms with Gasteiger partial charge in [-0.2, -0.15) is 0 Å². The Kier molecular flexibility index (Phi) is 15.4. The second kappa shape index (κ2) is 11.1. The predicted octanol–water partition coefficient (Wildman–Crippen LogP) is 1.17. The lowest BCUT2D eigenvalue weighted by molar-refractivity contribution is -0.114. The molecule has 1 amide bonds. The van der Waals surface area contributed by atoms with Crippen molar-refractivity contribution >= 4 is 5.91 Å². The van der Waals surface area contributed by atoms with Crippen molar-refractivity contribution < 1.29 is 4.79 Å². The molecule has 0 aliphatic carbocycles. The van der Waals surface area contributed by atoms with E-state index in [0.717, 1.165) is 6.42 Å². The third kappa shape index (κ3) is 24.7. The van der Waals surface area contributed by atoms with Crippen LogP contribution in [0.3, 0.4) is 0 Å². The molecule has 0 atom stereocenters. The lowest BCUT2D eigenvalue weighted by atomic mass is 10.2. The quantitative estimate of drug-likeness (QED) is 0.640. The standard InChI is InChI=1S/C6H11NO.C3H9N.H3N/c1-3-4-5(2)6(7)8;1-4(2)3;/h4H,3H2,1-2H3,(H2,7,8);1-3H3;1H3. The summed E-state index contributed by atoms with van der Waals surface area (Å²) in [6, 6.07) is 0. The van der Waals surface area contributed by atoms with Crippen LogP contribution in [0.2, 0.25) is 0 Å². The van der Waals surface area contributed by atoms with Gasteiger partial charge >= 0.3 is 0 Å². The Bertz CT molecular complexity index is 150. The molecule has 0 saturated carbocycles. The predicted molar refractivity (Wildman–Crippen MR) is 57.9 cm³/mol. The molecule has 0 bridgehead atoms. The average Bonchev–Trinajstić information content (AvgIpc) is 1.86. The molecule has 0 unspecified atom stereocenters. The first-order valence-corrected chi connectivity index (χ1v) is 3.99. The highest BCUT2D eigenvalue weighted by Crippen LogP contribution is 1.91. The van der Waals surface area contributed by atoms with E-state index in [1.165, 1.54) is 0 Å². The number of rotatable bonds is 2. The Hall–Kier alpha value is -0.870.